The third-order valence-corrected chi connectivity index (χ3v) is 7.02. The Hall–Kier alpha value is -7.21. The van der Waals surface area contributed by atoms with Gasteiger partial charge in [0.1, 0.15) is 11.5 Å². The van der Waals surface area contributed by atoms with E-state index in [1.165, 1.54) is 42.6 Å². The maximum atomic E-state index is 12.7. The third-order valence-electron chi connectivity index (χ3n) is 7.02. The summed E-state index contributed by atoms with van der Waals surface area (Å²) in [5.41, 5.74) is 5.49. The molecule has 0 fully saturated rings. The van der Waals surface area contributed by atoms with Crippen molar-refractivity contribution in [2.45, 2.75) is 6.92 Å². The number of anilines is 1. The van der Waals surface area contributed by atoms with Gasteiger partial charge in [0.2, 0.25) is 0 Å². The lowest BCUT2D eigenvalue weighted by molar-refractivity contribution is -0.384. The predicted octanol–water partition coefficient (Wildman–Crippen LogP) is 6.76. The van der Waals surface area contributed by atoms with E-state index in [1.807, 2.05) is 13.0 Å². The Labute approximate surface area is 285 Å². The van der Waals surface area contributed by atoms with Crippen LogP contribution in [0, 0.1) is 17.0 Å². The number of aryl methyl sites for hydroxylation is 1. The van der Waals surface area contributed by atoms with E-state index < -0.39 is 22.8 Å². The Morgan fingerprint density at radius 1 is 0.700 bits per heavy atom. The molecule has 2 amide bonds. The van der Waals surface area contributed by atoms with E-state index in [9.17, 15) is 29.3 Å². The van der Waals surface area contributed by atoms with Crippen LogP contribution in [0.5, 0.6) is 11.5 Å². The summed E-state index contributed by atoms with van der Waals surface area (Å²) in [5, 5.41) is 17.7. The standard InChI is InChI=1S/C38H28N4O8/c1-25-7-6-10-29(23-25)36(44)40-31-18-13-27(14-19-31)37(45)41-39-24-30-9-3-5-12-34(30)49-35(43)22-17-26-8-2-4-11-33(26)50-38(46)28-15-20-32(21-16-28)42(47)48/h2-24H,1H3,(H,40,44)(H,41,45)/b22-17+,39-24+. The topological polar surface area (TPSA) is 166 Å². The van der Waals surface area contributed by atoms with Crippen LogP contribution in [0.15, 0.2) is 133 Å². The molecule has 0 atom stereocenters. The van der Waals surface area contributed by atoms with Gasteiger partial charge >= 0.3 is 11.9 Å². The molecule has 0 bridgehead atoms. The Morgan fingerprint density at radius 3 is 2.02 bits per heavy atom. The van der Waals surface area contributed by atoms with Crippen molar-refractivity contribution in [3.05, 3.63) is 171 Å². The molecule has 248 valence electrons. The number of nitro groups is 1. The first kappa shape index (κ1) is 34.1. The number of hydrogen-bond acceptors (Lipinski definition) is 9. The Balaban J connectivity index is 1.16. The molecule has 0 spiro atoms. The summed E-state index contributed by atoms with van der Waals surface area (Å²) in [6.07, 6.45) is 3.89. The van der Waals surface area contributed by atoms with Crippen LogP contribution in [0.3, 0.4) is 0 Å². The molecule has 12 heteroatoms. The number of carbonyl (C=O) groups is 4. The molecule has 0 aliphatic carbocycles. The number of non-ortho nitro benzene ring substituents is 1. The van der Waals surface area contributed by atoms with Crippen molar-refractivity contribution in [2.24, 2.45) is 5.10 Å². The molecule has 2 N–H and O–H groups in total. The average Bonchev–Trinajstić information content (AvgIpc) is 3.12. The van der Waals surface area contributed by atoms with Crippen molar-refractivity contribution >= 4 is 47.4 Å². The zero-order valence-electron chi connectivity index (χ0n) is 26.4. The van der Waals surface area contributed by atoms with Crippen molar-refractivity contribution in [2.75, 3.05) is 5.32 Å². The molecule has 50 heavy (non-hydrogen) atoms. The SMILES string of the molecule is Cc1cccc(C(=O)Nc2ccc(C(=O)N/N=C/c3ccccc3OC(=O)/C=C/c3ccccc3OC(=O)c3ccc([N+](=O)[O-])cc3)cc2)c1. The molecule has 5 rings (SSSR count). The molecule has 0 unspecified atom stereocenters. The van der Waals surface area contributed by atoms with Gasteiger partial charge in [-0.3, -0.25) is 19.7 Å². The second-order valence-corrected chi connectivity index (χ2v) is 10.6. The molecule has 0 saturated heterocycles. The maximum Gasteiger partial charge on any atom is 0.343 e. The van der Waals surface area contributed by atoms with Gasteiger partial charge < -0.3 is 14.8 Å². The lowest BCUT2D eigenvalue weighted by Gasteiger charge is -2.08. The van der Waals surface area contributed by atoms with E-state index >= 15 is 0 Å². The van der Waals surface area contributed by atoms with Crippen LogP contribution in [0.25, 0.3) is 6.08 Å². The highest BCUT2D eigenvalue weighted by molar-refractivity contribution is 6.04. The maximum absolute atomic E-state index is 12.7. The van der Waals surface area contributed by atoms with Gasteiger partial charge in [0.05, 0.1) is 16.7 Å². The molecule has 0 saturated carbocycles. The number of carbonyl (C=O) groups excluding carboxylic acids is 4. The first-order valence-corrected chi connectivity index (χ1v) is 15.0. The number of rotatable bonds is 11. The monoisotopic (exact) mass is 668 g/mol. The van der Waals surface area contributed by atoms with Gasteiger partial charge in [0, 0.05) is 46.1 Å². The van der Waals surface area contributed by atoms with Gasteiger partial charge in [-0.15, -0.1) is 0 Å². The first-order chi connectivity index (χ1) is 24.2. The zero-order chi connectivity index (χ0) is 35.5. The molecule has 5 aromatic rings. The van der Waals surface area contributed by atoms with Gasteiger partial charge in [-0.2, -0.15) is 5.10 Å². The number of para-hydroxylation sites is 2. The molecule has 0 radical (unpaired) electrons. The molecule has 5 aromatic carbocycles. The Bertz CT molecular complexity index is 2120. The lowest BCUT2D eigenvalue weighted by atomic mass is 10.1. The van der Waals surface area contributed by atoms with E-state index in [-0.39, 0.29) is 28.7 Å². The Morgan fingerprint density at radius 2 is 1.34 bits per heavy atom. The summed E-state index contributed by atoms with van der Waals surface area (Å²) in [6, 6.07) is 31.5. The second kappa shape index (κ2) is 16.1. The van der Waals surface area contributed by atoms with Crippen molar-refractivity contribution in [3.8, 4) is 11.5 Å². The van der Waals surface area contributed by atoms with Gasteiger partial charge in [0.25, 0.3) is 17.5 Å². The minimum absolute atomic E-state index is 0.112. The smallest absolute Gasteiger partial charge is 0.343 e. The van der Waals surface area contributed by atoms with Crippen LogP contribution in [0.1, 0.15) is 47.8 Å². The van der Waals surface area contributed by atoms with Crippen LogP contribution in [0.2, 0.25) is 0 Å². The lowest BCUT2D eigenvalue weighted by Crippen LogP contribution is -2.18. The molecule has 12 nitrogen and oxygen atoms in total. The molecule has 0 aliphatic rings. The quantitative estimate of drug-likeness (QED) is 0.0389. The van der Waals surface area contributed by atoms with Crippen LogP contribution >= 0.6 is 0 Å². The van der Waals surface area contributed by atoms with Gasteiger partial charge in [0.15, 0.2) is 0 Å². The van der Waals surface area contributed by atoms with Crippen LogP contribution < -0.4 is 20.2 Å². The minimum Gasteiger partial charge on any atom is -0.423 e. The highest BCUT2D eigenvalue weighted by Gasteiger charge is 2.14. The fourth-order valence-electron chi connectivity index (χ4n) is 4.49. The number of esters is 2. The number of amides is 2. The second-order valence-electron chi connectivity index (χ2n) is 10.6. The normalized spacial score (nSPS) is 10.8. The summed E-state index contributed by atoms with van der Waals surface area (Å²) >= 11 is 0. The number of ether oxygens (including phenoxy) is 2. The minimum atomic E-state index is -0.735. The van der Waals surface area contributed by atoms with Gasteiger partial charge in [-0.1, -0.05) is 48.0 Å². The first-order valence-electron chi connectivity index (χ1n) is 15.0. The van der Waals surface area contributed by atoms with E-state index in [4.69, 9.17) is 9.47 Å². The van der Waals surface area contributed by atoms with Gasteiger partial charge in [-0.25, -0.2) is 15.0 Å². The van der Waals surface area contributed by atoms with E-state index in [0.29, 0.717) is 27.9 Å². The number of benzene rings is 5. The summed E-state index contributed by atoms with van der Waals surface area (Å²) < 4.78 is 10.9. The molecule has 0 aromatic heterocycles. The number of nitrogens with one attached hydrogen (secondary N) is 2. The van der Waals surface area contributed by atoms with E-state index in [0.717, 1.165) is 11.6 Å². The largest absolute Gasteiger partial charge is 0.423 e. The Kier molecular flexibility index (Phi) is 11.0. The number of hydrogen-bond donors (Lipinski definition) is 2. The summed E-state index contributed by atoms with van der Waals surface area (Å²) in [5.74, 6) is -1.90. The van der Waals surface area contributed by atoms with Crippen LogP contribution in [-0.2, 0) is 4.79 Å². The number of hydrazone groups is 1. The molecule has 0 heterocycles. The highest BCUT2D eigenvalue weighted by atomic mass is 16.6. The number of nitrogens with zero attached hydrogens (tertiary/aromatic N) is 2. The van der Waals surface area contributed by atoms with Crippen molar-refractivity contribution in [1.82, 2.24) is 5.43 Å². The zero-order valence-corrected chi connectivity index (χ0v) is 26.4. The summed E-state index contributed by atoms with van der Waals surface area (Å²) in [7, 11) is 0. The van der Waals surface area contributed by atoms with Crippen molar-refractivity contribution < 1.29 is 33.6 Å². The molecular formula is C38H28N4O8. The molecule has 0 aliphatic heterocycles. The highest BCUT2D eigenvalue weighted by Crippen LogP contribution is 2.23. The summed E-state index contributed by atoms with van der Waals surface area (Å²) in [4.78, 5) is 60.8. The van der Waals surface area contributed by atoms with Crippen LogP contribution in [0.4, 0.5) is 11.4 Å². The van der Waals surface area contributed by atoms with Crippen LogP contribution in [-0.4, -0.2) is 34.9 Å². The van der Waals surface area contributed by atoms with Gasteiger partial charge in [-0.05, 0) is 79.7 Å². The van der Waals surface area contributed by atoms with E-state index in [1.54, 1.807) is 84.9 Å². The predicted molar refractivity (Wildman–Crippen MR) is 186 cm³/mol. The van der Waals surface area contributed by atoms with E-state index in [2.05, 4.69) is 15.8 Å². The summed E-state index contributed by atoms with van der Waals surface area (Å²) in [6.45, 7) is 1.90. The number of nitro benzene ring substituents is 1. The average molecular weight is 669 g/mol. The third kappa shape index (κ3) is 9.20. The van der Waals surface area contributed by atoms with Crippen molar-refractivity contribution in [3.63, 3.8) is 0 Å². The van der Waals surface area contributed by atoms with Crippen molar-refractivity contribution in [1.29, 1.82) is 0 Å². The fraction of sp³-hybridized carbons (Fsp3) is 0.0263. The molecular weight excluding hydrogens is 640 g/mol. The fourth-order valence-corrected chi connectivity index (χ4v) is 4.49.